The Bertz CT molecular complexity index is 875. The highest BCUT2D eigenvalue weighted by atomic mass is 32.2. The van der Waals surface area contributed by atoms with Crippen LogP contribution in [0.3, 0.4) is 0 Å². The zero-order chi connectivity index (χ0) is 15.6. The van der Waals surface area contributed by atoms with Crippen molar-refractivity contribution in [2.45, 2.75) is 4.90 Å². The Labute approximate surface area is 126 Å². The molecule has 2 N–H and O–H groups in total. The topological polar surface area (TPSA) is 74.8 Å². The van der Waals surface area contributed by atoms with Gasteiger partial charge in [0.1, 0.15) is 5.82 Å². The monoisotopic (exact) mass is 317 g/mol. The van der Waals surface area contributed by atoms with E-state index in [1.54, 1.807) is 36.5 Å². The van der Waals surface area contributed by atoms with Crippen LogP contribution in [0, 0.1) is 5.82 Å². The molecule has 7 heteroatoms. The number of rotatable bonds is 4. The van der Waals surface area contributed by atoms with Crippen LogP contribution in [0.25, 0.3) is 11.1 Å². The summed E-state index contributed by atoms with van der Waals surface area (Å²) < 4.78 is 40.0. The minimum atomic E-state index is -3.73. The smallest absolute Gasteiger partial charge is 0.263 e. The van der Waals surface area contributed by atoms with Gasteiger partial charge in [-0.05, 0) is 29.8 Å². The number of halogens is 1. The van der Waals surface area contributed by atoms with Crippen LogP contribution < -0.4 is 4.72 Å². The summed E-state index contributed by atoms with van der Waals surface area (Å²) in [6, 6.07) is 13.7. The van der Waals surface area contributed by atoms with Crippen molar-refractivity contribution in [2.75, 3.05) is 4.72 Å². The Hall–Kier alpha value is -2.67. The molecule has 3 rings (SSSR count). The van der Waals surface area contributed by atoms with Crippen molar-refractivity contribution in [1.29, 1.82) is 0 Å². The predicted octanol–water partition coefficient (Wildman–Crippen LogP) is 3.02. The highest BCUT2D eigenvalue weighted by Gasteiger charge is 2.18. The van der Waals surface area contributed by atoms with Gasteiger partial charge >= 0.3 is 0 Å². The van der Waals surface area contributed by atoms with E-state index < -0.39 is 10.0 Å². The number of nitrogens with zero attached hydrogens (tertiary/aromatic N) is 1. The van der Waals surface area contributed by atoms with Gasteiger partial charge in [-0.2, -0.15) is 5.10 Å². The van der Waals surface area contributed by atoms with E-state index in [9.17, 15) is 12.8 Å². The number of aromatic nitrogens is 2. The first-order valence-electron chi connectivity index (χ1n) is 6.44. The van der Waals surface area contributed by atoms with Crippen LogP contribution in [0.5, 0.6) is 0 Å². The van der Waals surface area contributed by atoms with Gasteiger partial charge in [-0.3, -0.25) is 9.82 Å². The van der Waals surface area contributed by atoms with Gasteiger partial charge in [-0.25, -0.2) is 12.8 Å². The lowest BCUT2D eigenvalue weighted by molar-refractivity contribution is 0.601. The highest BCUT2D eigenvalue weighted by Crippen LogP contribution is 2.27. The minimum Gasteiger partial charge on any atom is -0.283 e. The summed E-state index contributed by atoms with van der Waals surface area (Å²) in [6.07, 6.45) is 1.55. The third kappa shape index (κ3) is 2.84. The molecule has 1 aromatic heterocycles. The maximum absolute atomic E-state index is 13.0. The van der Waals surface area contributed by atoms with Gasteiger partial charge in [0.25, 0.3) is 10.0 Å². The van der Waals surface area contributed by atoms with Crippen LogP contribution in [0.2, 0.25) is 0 Å². The molecule has 5 nitrogen and oxygen atoms in total. The first-order valence-corrected chi connectivity index (χ1v) is 7.92. The van der Waals surface area contributed by atoms with E-state index in [1.165, 1.54) is 24.3 Å². The number of benzene rings is 2. The fourth-order valence-electron chi connectivity index (χ4n) is 2.00. The van der Waals surface area contributed by atoms with Crippen LogP contribution in [0.1, 0.15) is 0 Å². The van der Waals surface area contributed by atoms with Crippen molar-refractivity contribution in [3.05, 3.63) is 66.6 Å². The zero-order valence-electron chi connectivity index (χ0n) is 11.3. The summed E-state index contributed by atoms with van der Waals surface area (Å²) in [5.41, 5.74) is 1.19. The second-order valence-electron chi connectivity index (χ2n) is 4.57. The standard InChI is InChI=1S/C15H12FN3O2S/c16-12-8-6-11(7-9-12)14-10-17-18-15(14)19-22(20,21)13-4-2-1-3-5-13/h1-10H,(H2,17,18,19). The summed E-state index contributed by atoms with van der Waals surface area (Å²) >= 11 is 0. The van der Waals surface area contributed by atoms with Crippen molar-refractivity contribution < 1.29 is 12.8 Å². The normalized spacial score (nSPS) is 11.3. The first kappa shape index (κ1) is 14.3. The van der Waals surface area contributed by atoms with E-state index in [2.05, 4.69) is 14.9 Å². The molecule has 3 aromatic rings. The summed E-state index contributed by atoms with van der Waals surface area (Å²) in [4.78, 5) is 0.142. The number of H-pyrrole nitrogens is 1. The quantitative estimate of drug-likeness (QED) is 0.776. The molecule has 22 heavy (non-hydrogen) atoms. The van der Waals surface area contributed by atoms with E-state index in [4.69, 9.17) is 0 Å². The molecule has 0 aliphatic rings. The molecular weight excluding hydrogens is 305 g/mol. The second kappa shape index (κ2) is 5.61. The average molecular weight is 317 g/mol. The minimum absolute atomic E-state index is 0.142. The molecule has 0 saturated carbocycles. The van der Waals surface area contributed by atoms with Gasteiger partial charge < -0.3 is 0 Å². The predicted molar refractivity (Wildman–Crippen MR) is 81.2 cm³/mol. The molecule has 0 aliphatic carbocycles. The summed E-state index contributed by atoms with van der Waals surface area (Å²) in [6.45, 7) is 0. The fraction of sp³-hybridized carbons (Fsp3) is 0. The molecule has 112 valence electrons. The van der Waals surface area contributed by atoms with E-state index in [-0.39, 0.29) is 16.5 Å². The number of hydrogen-bond acceptors (Lipinski definition) is 3. The number of sulfonamides is 1. The van der Waals surface area contributed by atoms with Gasteiger partial charge in [0.15, 0.2) is 5.82 Å². The third-order valence-corrected chi connectivity index (χ3v) is 4.43. The Morgan fingerprint density at radius 2 is 1.68 bits per heavy atom. The Morgan fingerprint density at radius 3 is 2.36 bits per heavy atom. The fourth-order valence-corrected chi connectivity index (χ4v) is 3.05. The van der Waals surface area contributed by atoms with Crippen LogP contribution >= 0.6 is 0 Å². The lowest BCUT2D eigenvalue weighted by atomic mass is 10.1. The third-order valence-electron chi connectivity index (χ3n) is 3.08. The first-order chi connectivity index (χ1) is 10.6. The summed E-state index contributed by atoms with van der Waals surface area (Å²) in [7, 11) is -3.73. The molecule has 0 bridgehead atoms. The van der Waals surface area contributed by atoms with Crippen molar-refractivity contribution in [3.63, 3.8) is 0 Å². The van der Waals surface area contributed by atoms with Crippen molar-refractivity contribution in [1.82, 2.24) is 10.2 Å². The van der Waals surface area contributed by atoms with Crippen molar-refractivity contribution >= 4 is 15.8 Å². The van der Waals surface area contributed by atoms with Crippen LogP contribution in [-0.4, -0.2) is 18.6 Å². The molecule has 0 spiro atoms. The maximum Gasteiger partial charge on any atom is 0.263 e. The van der Waals surface area contributed by atoms with Crippen molar-refractivity contribution in [3.8, 4) is 11.1 Å². The van der Waals surface area contributed by atoms with Crippen molar-refractivity contribution in [2.24, 2.45) is 0 Å². The molecule has 0 aliphatic heterocycles. The summed E-state index contributed by atoms with van der Waals surface area (Å²) in [5.74, 6) is -0.200. The van der Waals surface area contributed by atoms with E-state index in [0.717, 1.165) is 0 Å². The molecule has 0 unspecified atom stereocenters. The summed E-state index contributed by atoms with van der Waals surface area (Å²) in [5, 5.41) is 6.53. The molecule has 0 fully saturated rings. The Kier molecular flexibility index (Phi) is 3.64. The Morgan fingerprint density at radius 1 is 1.00 bits per heavy atom. The number of nitrogens with one attached hydrogen (secondary N) is 2. The van der Waals surface area contributed by atoms with E-state index in [1.807, 2.05) is 0 Å². The number of hydrogen-bond donors (Lipinski definition) is 2. The molecule has 0 radical (unpaired) electrons. The van der Waals surface area contributed by atoms with E-state index in [0.29, 0.717) is 11.1 Å². The number of anilines is 1. The van der Waals surface area contributed by atoms with Crippen LogP contribution in [0.4, 0.5) is 10.2 Å². The lowest BCUT2D eigenvalue weighted by Crippen LogP contribution is -2.13. The second-order valence-corrected chi connectivity index (χ2v) is 6.26. The molecule has 1 heterocycles. The van der Waals surface area contributed by atoms with Gasteiger partial charge in [-0.1, -0.05) is 30.3 Å². The van der Waals surface area contributed by atoms with Gasteiger partial charge in [0, 0.05) is 11.8 Å². The van der Waals surface area contributed by atoms with Gasteiger partial charge in [0.05, 0.1) is 4.90 Å². The molecule has 0 amide bonds. The van der Waals surface area contributed by atoms with Crippen LogP contribution in [-0.2, 0) is 10.0 Å². The molecule has 2 aromatic carbocycles. The van der Waals surface area contributed by atoms with Crippen LogP contribution in [0.15, 0.2) is 65.7 Å². The molecule has 0 saturated heterocycles. The van der Waals surface area contributed by atoms with Gasteiger partial charge in [0.2, 0.25) is 0 Å². The SMILES string of the molecule is O=S(=O)(Nc1n[nH]cc1-c1ccc(F)cc1)c1ccccc1. The maximum atomic E-state index is 13.0. The molecular formula is C15H12FN3O2S. The highest BCUT2D eigenvalue weighted by molar-refractivity contribution is 7.92. The average Bonchev–Trinajstić information content (AvgIpc) is 2.96. The van der Waals surface area contributed by atoms with E-state index >= 15 is 0 Å². The Balaban J connectivity index is 1.95. The molecule has 0 atom stereocenters. The number of aromatic amines is 1. The largest absolute Gasteiger partial charge is 0.283 e. The lowest BCUT2D eigenvalue weighted by Gasteiger charge is -2.07. The van der Waals surface area contributed by atoms with Gasteiger partial charge in [-0.15, -0.1) is 0 Å². The zero-order valence-corrected chi connectivity index (χ0v) is 12.1.